The van der Waals surface area contributed by atoms with Gasteiger partial charge in [-0.1, -0.05) is 20.8 Å². The lowest BCUT2D eigenvalue weighted by molar-refractivity contribution is -0.153. The summed E-state index contributed by atoms with van der Waals surface area (Å²) >= 11 is 0. The third-order valence-electron chi connectivity index (χ3n) is 2.24. The third kappa shape index (κ3) is 4.58. The number of aliphatic hydroxyl groups excluding tert-OH is 1. The number of hydrogen-bond acceptors (Lipinski definition) is 4. The van der Waals surface area contributed by atoms with Crippen LogP contribution in [0.2, 0.25) is 0 Å². The van der Waals surface area contributed by atoms with Crippen molar-refractivity contribution in [3.8, 4) is 0 Å². The number of carbonyl (C=O) groups is 1. The normalized spacial score (nSPS) is 15.3. The van der Waals surface area contributed by atoms with E-state index in [4.69, 9.17) is 15.6 Å². The van der Waals surface area contributed by atoms with Gasteiger partial charge >= 0.3 is 5.97 Å². The summed E-state index contributed by atoms with van der Waals surface area (Å²) < 4.78 is 4.94. The van der Waals surface area contributed by atoms with Crippen LogP contribution >= 0.6 is 0 Å². The maximum Gasteiger partial charge on any atom is 0.309 e. The molecule has 4 nitrogen and oxygen atoms in total. The highest BCUT2D eigenvalue weighted by atomic mass is 16.5. The first kappa shape index (κ1) is 13.4. The molecule has 0 spiro atoms. The first-order valence-corrected chi connectivity index (χ1v) is 5.07. The molecule has 0 aliphatic carbocycles. The first-order chi connectivity index (χ1) is 6.52. The smallest absolute Gasteiger partial charge is 0.309 e. The molecule has 2 atom stereocenters. The van der Waals surface area contributed by atoms with Crippen molar-refractivity contribution in [3.05, 3.63) is 0 Å². The average Bonchev–Trinajstić information content (AvgIpc) is 2.14. The number of ether oxygens (including phenoxy) is 1. The summed E-state index contributed by atoms with van der Waals surface area (Å²) in [6.45, 7) is 6.03. The molecule has 0 rings (SSSR count). The zero-order valence-electron chi connectivity index (χ0n) is 9.19. The average molecular weight is 203 g/mol. The molecule has 0 saturated heterocycles. The monoisotopic (exact) mass is 203 g/mol. The molecular weight excluding hydrogens is 182 g/mol. The van der Waals surface area contributed by atoms with Crippen LogP contribution in [0.3, 0.4) is 0 Å². The summed E-state index contributed by atoms with van der Waals surface area (Å²) in [7, 11) is 0. The van der Waals surface area contributed by atoms with E-state index in [1.165, 1.54) is 0 Å². The largest absolute Gasteiger partial charge is 0.463 e. The molecule has 0 aromatic heterocycles. The van der Waals surface area contributed by atoms with E-state index in [-0.39, 0.29) is 31.0 Å². The quantitative estimate of drug-likeness (QED) is 0.618. The first-order valence-electron chi connectivity index (χ1n) is 5.07. The highest BCUT2D eigenvalue weighted by Gasteiger charge is 2.22. The van der Waals surface area contributed by atoms with Crippen LogP contribution in [0, 0.1) is 11.8 Å². The Bertz CT molecular complexity index is 171. The number of rotatable bonds is 6. The molecule has 0 aliphatic heterocycles. The maximum absolute atomic E-state index is 11.5. The van der Waals surface area contributed by atoms with Crippen LogP contribution in [-0.2, 0) is 9.53 Å². The van der Waals surface area contributed by atoms with Crippen LogP contribution < -0.4 is 5.73 Å². The fourth-order valence-corrected chi connectivity index (χ4v) is 1.26. The molecule has 0 saturated carbocycles. The van der Waals surface area contributed by atoms with E-state index in [9.17, 15) is 4.79 Å². The molecule has 84 valence electrons. The lowest BCUT2D eigenvalue weighted by Crippen LogP contribution is -2.30. The van der Waals surface area contributed by atoms with Crippen molar-refractivity contribution in [1.29, 1.82) is 0 Å². The van der Waals surface area contributed by atoms with Crippen LogP contribution in [-0.4, -0.2) is 30.3 Å². The Morgan fingerprint density at radius 2 is 2.07 bits per heavy atom. The summed E-state index contributed by atoms with van der Waals surface area (Å²) in [5.41, 5.74) is 5.19. The van der Waals surface area contributed by atoms with Crippen LogP contribution in [0.4, 0.5) is 0 Å². The highest BCUT2D eigenvalue weighted by Crippen LogP contribution is 2.16. The highest BCUT2D eigenvalue weighted by molar-refractivity contribution is 5.72. The van der Waals surface area contributed by atoms with Crippen molar-refractivity contribution in [2.45, 2.75) is 33.3 Å². The van der Waals surface area contributed by atoms with E-state index >= 15 is 0 Å². The van der Waals surface area contributed by atoms with Crippen LogP contribution in [0.1, 0.15) is 27.2 Å². The van der Waals surface area contributed by atoms with Crippen molar-refractivity contribution in [2.24, 2.45) is 17.6 Å². The van der Waals surface area contributed by atoms with Crippen LogP contribution in [0.25, 0.3) is 0 Å². The van der Waals surface area contributed by atoms with Gasteiger partial charge in [0.1, 0.15) is 12.7 Å². The Balaban J connectivity index is 3.93. The Morgan fingerprint density at radius 3 is 2.43 bits per heavy atom. The van der Waals surface area contributed by atoms with Crippen molar-refractivity contribution in [3.63, 3.8) is 0 Å². The third-order valence-corrected chi connectivity index (χ3v) is 2.24. The summed E-state index contributed by atoms with van der Waals surface area (Å²) in [6, 6.07) is 0. The number of hydrogen-bond donors (Lipinski definition) is 2. The van der Waals surface area contributed by atoms with Gasteiger partial charge in [0.2, 0.25) is 0 Å². The molecule has 2 unspecified atom stereocenters. The molecule has 0 aliphatic rings. The van der Waals surface area contributed by atoms with Gasteiger partial charge in [0.25, 0.3) is 0 Å². The van der Waals surface area contributed by atoms with Gasteiger partial charge in [-0.3, -0.25) is 4.79 Å². The summed E-state index contributed by atoms with van der Waals surface area (Å²) in [4.78, 5) is 11.5. The minimum Gasteiger partial charge on any atom is -0.463 e. The zero-order valence-corrected chi connectivity index (χ0v) is 9.19. The maximum atomic E-state index is 11.5. The molecule has 14 heavy (non-hydrogen) atoms. The van der Waals surface area contributed by atoms with E-state index in [1.807, 2.05) is 20.8 Å². The molecule has 4 heteroatoms. The molecule has 3 N–H and O–H groups in total. The molecule has 0 aromatic rings. The molecule has 0 fully saturated rings. The van der Waals surface area contributed by atoms with E-state index in [0.29, 0.717) is 0 Å². The van der Waals surface area contributed by atoms with Gasteiger partial charge in [-0.05, 0) is 12.3 Å². The van der Waals surface area contributed by atoms with Crippen molar-refractivity contribution >= 4 is 5.97 Å². The van der Waals surface area contributed by atoms with Gasteiger partial charge in [-0.25, -0.2) is 0 Å². The fraction of sp³-hybridized carbons (Fsp3) is 0.900. The number of nitrogens with two attached hydrogens (primary N) is 1. The molecule has 0 amide bonds. The Kier molecular flexibility index (Phi) is 6.49. The molecular formula is C10H21NO3. The predicted molar refractivity (Wildman–Crippen MR) is 54.6 cm³/mol. The van der Waals surface area contributed by atoms with E-state index < -0.39 is 6.10 Å². The van der Waals surface area contributed by atoms with Crippen molar-refractivity contribution < 1.29 is 14.6 Å². The zero-order chi connectivity index (χ0) is 11.1. The van der Waals surface area contributed by atoms with Gasteiger partial charge in [-0.2, -0.15) is 0 Å². The fourth-order valence-electron chi connectivity index (χ4n) is 1.26. The van der Waals surface area contributed by atoms with Gasteiger partial charge in [0.15, 0.2) is 0 Å². The molecule has 0 aromatic carbocycles. The minimum absolute atomic E-state index is 0.00144. The number of aliphatic hydroxyl groups is 1. The number of esters is 1. The Hall–Kier alpha value is -0.610. The molecule has 0 bridgehead atoms. The van der Waals surface area contributed by atoms with Crippen LogP contribution in [0.5, 0.6) is 0 Å². The number of carbonyl (C=O) groups excluding carboxylic acids is 1. The predicted octanol–water partition coefficient (Wildman–Crippen LogP) is 0.531. The minimum atomic E-state index is -0.747. The second kappa shape index (κ2) is 6.79. The van der Waals surface area contributed by atoms with E-state index in [1.54, 1.807) is 0 Å². The summed E-state index contributed by atoms with van der Waals surface area (Å²) in [6.07, 6.45) is 0.0125. The topological polar surface area (TPSA) is 72.5 Å². The van der Waals surface area contributed by atoms with E-state index in [0.717, 1.165) is 6.42 Å². The van der Waals surface area contributed by atoms with Gasteiger partial charge in [0, 0.05) is 6.54 Å². The van der Waals surface area contributed by atoms with E-state index in [2.05, 4.69) is 0 Å². The molecule has 0 heterocycles. The Morgan fingerprint density at radius 1 is 1.50 bits per heavy atom. The van der Waals surface area contributed by atoms with Gasteiger partial charge < -0.3 is 15.6 Å². The summed E-state index contributed by atoms with van der Waals surface area (Å²) in [5, 5.41) is 9.10. The van der Waals surface area contributed by atoms with Gasteiger partial charge in [0.05, 0.1) is 5.92 Å². The molecule has 0 radical (unpaired) electrons. The summed E-state index contributed by atoms with van der Waals surface area (Å²) in [5.74, 6) is -0.0579. The second-order valence-corrected chi connectivity index (χ2v) is 3.78. The van der Waals surface area contributed by atoms with Crippen molar-refractivity contribution in [2.75, 3.05) is 13.2 Å². The van der Waals surface area contributed by atoms with Gasteiger partial charge in [-0.15, -0.1) is 0 Å². The second-order valence-electron chi connectivity index (χ2n) is 3.78. The standard InChI is InChI=1S/C10H21NO3/c1-4-9(7(2)3)10(13)14-6-8(12)5-11/h7-9,12H,4-6,11H2,1-3H3. The van der Waals surface area contributed by atoms with Crippen LogP contribution in [0.15, 0.2) is 0 Å². The lowest BCUT2D eigenvalue weighted by Gasteiger charge is -2.18. The van der Waals surface area contributed by atoms with Crippen molar-refractivity contribution in [1.82, 2.24) is 0 Å². The Labute approximate surface area is 85.4 Å². The lowest BCUT2D eigenvalue weighted by atomic mass is 9.93. The SMILES string of the molecule is CCC(C(=O)OCC(O)CN)C(C)C.